The van der Waals surface area contributed by atoms with Crippen LogP contribution in [0.15, 0.2) is 60.7 Å². The quantitative estimate of drug-likeness (QED) is 0.320. The molecule has 0 radical (unpaired) electrons. The van der Waals surface area contributed by atoms with E-state index in [1.165, 1.54) is 24.3 Å². The van der Waals surface area contributed by atoms with Crippen molar-refractivity contribution in [3.8, 4) is 0 Å². The first-order chi connectivity index (χ1) is 14.8. The summed E-state index contributed by atoms with van der Waals surface area (Å²) < 4.78 is 5.07. The molecule has 0 aromatic heterocycles. The molecular weight excluding hydrogens is 484 g/mol. The van der Waals surface area contributed by atoms with E-state index >= 15 is 0 Å². The Morgan fingerprint density at radius 3 is 1.97 bits per heavy atom. The van der Waals surface area contributed by atoms with Gasteiger partial charge in [0, 0.05) is 21.2 Å². The van der Waals surface area contributed by atoms with E-state index in [0.29, 0.717) is 15.6 Å². The summed E-state index contributed by atoms with van der Waals surface area (Å²) in [4.78, 5) is 37.5. The van der Waals surface area contributed by atoms with Crippen LogP contribution in [-0.4, -0.2) is 24.3 Å². The number of hydrogen-bond acceptors (Lipinski definition) is 4. The Morgan fingerprint density at radius 1 is 0.774 bits per heavy atom. The molecule has 0 atom stereocenters. The Hall–Kier alpha value is -2.57. The molecule has 0 bridgehead atoms. The molecule has 0 spiro atoms. The van der Waals surface area contributed by atoms with Crippen molar-refractivity contribution in [1.29, 1.82) is 0 Å². The first-order valence-electron chi connectivity index (χ1n) is 8.77. The van der Waals surface area contributed by atoms with Gasteiger partial charge in [-0.05, 0) is 42.5 Å². The SMILES string of the molecule is O=C(COC(=O)c1ccccc1C(=O)c1ccc(Cl)cc1)Nc1c(Cl)cc(Cl)cc1Cl. The molecule has 1 N–H and O–H groups in total. The van der Waals surface area contributed by atoms with Gasteiger partial charge in [0.25, 0.3) is 5.91 Å². The topological polar surface area (TPSA) is 72.5 Å². The van der Waals surface area contributed by atoms with Crippen LogP contribution in [0, 0.1) is 0 Å². The molecule has 3 aromatic rings. The summed E-state index contributed by atoms with van der Waals surface area (Å²) in [5.74, 6) is -1.88. The van der Waals surface area contributed by atoms with Gasteiger partial charge < -0.3 is 10.1 Å². The maximum absolute atomic E-state index is 12.8. The second kappa shape index (κ2) is 10.2. The van der Waals surface area contributed by atoms with E-state index in [1.54, 1.807) is 36.4 Å². The highest BCUT2D eigenvalue weighted by Crippen LogP contribution is 2.33. The van der Waals surface area contributed by atoms with E-state index in [1.807, 2.05) is 0 Å². The van der Waals surface area contributed by atoms with E-state index in [4.69, 9.17) is 51.1 Å². The monoisotopic (exact) mass is 495 g/mol. The second-order valence-corrected chi connectivity index (χ2v) is 7.94. The van der Waals surface area contributed by atoms with Crippen LogP contribution in [0.5, 0.6) is 0 Å². The Kier molecular flexibility index (Phi) is 7.57. The van der Waals surface area contributed by atoms with Crippen LogP contribution in [0.1, 0.15) is 26.3 Å². The molecule has 3 rings (SSSR count). The zero-order chi connectivity index (χ0) is 22.5. The van der Waals surface area contributed by atoms with Crippen molar-refractivity contribution in [2.75, 3.05) is 11.9 Å². The third-order valence-electron chi connectivity index (χ3n) is 4.10. The number of rotatable bonds is 6. The Morgan fingerprint density at radius 2 is 1.35 bits per heavy atom. The van der Waals surface area contributed by atoms with Crippen molar-refractivity contribution in [1.82, 2.24) is 0 Å². The standard InChI is InChI=1S/C22H13Cl4NO4/c23-13-7-5-12(6-8-13)21(29)15-3-1-2-4-16(15)22(30)31-11-19(28)27-20-17(25)9-14(24)10-18(20)26/h1-10H,11H2,(H,27,28). The van der Waals surface area contributed by atoms with Gasteiger partial charge in [-0.25, -0.2) is 4.79 Å². The lowest BCUT2D eigenvalue weighted by atomic mass is 9.98. The number of ether oxygens (including phenoxy) is 1. The summed E-state index contributed by atoms with van der Waals surface area (Å²) in [5.41, 5.74) is 0.665. The zero-order valence-electron chi connectivity index (χ0n) is 15.6. The molecule has 1 amide bonds. The molecule has 0 saturated carbocycles. The van der Waals surface area contributed by atoms with Crippen molar-refractivity contribution < 1.29 is 19.1 Å². The lowest BCUT2D eigenvalue weighted by molar-refractivity contribution is -0.119. The maximum Gasteiger partial charge on any atom is 0.339 e. The molecule has 31 heavy (non-hydrogen) atoms. The molecule has 0 heterocycles. The van der Waals surface area contributed by atoms with Crippen LogP contribution in [0.25, 0.3) is 0 Å². The highest BCUT2D eigenvalue weighted by Gasteiger charge is 2.20. The number of anilines is 1. The van der Waals surface area contributed by atoms with Crippen molar-refractivity contribution in [2.45, 2.75) is 0 Å². The summed E-state index contributed by atoms with van der Waals surface area (Å²) in [6, 6.07) is 15.2. The van der Waals surface area contributed by atoms with Crippen LogP contribution in [0.4, 0.5) is 5.69 Å². The van der Waals surface area contributed by atoms with Gasteiger partial charge in [-0.2, -0.15) is 0 Å². The fraction of sp³-hybridized carbons (Fsp3) is 0.0455. The van der Waals surface area contributed by atoms with Gasteiger partial charge in [0.2, 0.25) is 0 Å². The molecule has 3 aromatic carbocycles. The van der Waals surface area contributed by atoms with Crippen LogP contribution >= 0.6 is 46.4 Å². The van der Waals surface area contributed by atoms with E-state index in [-0.39, 0.29) is 32.6 Å². The predicted octanol–water partition coefficient (Wildman–Crippen LogP) is 6.33. The third kappa shape index (κ3) is 5.77. The molecule has 0 unspecified atom stereocenters. The number of benzene rings is 3. The number of nitrogens with one attached hydrogen (secondary N) is 1. The zero-order valence-corrected chi connectivity index (χ0v) is 18.6. The molecule has 0 aliphatic rings. The molecule has 0 aliphatic carbocycles. The fourth-order valence-electron chi connectivity index (χ4n) is 2.66. The number of carbonyl (C=O) groups excluding carboxylic acids is 3. The third-order valence-corrected chi connectivity index (χ3v) is 5.17. The largest absolute Gasteiger partial charge is 0.452 e. The van der Waals surface area contributed by atoms with Gasteiger partial charge in [0.1, 0.15) is 0 Å². The molecule has 0 saturated heterocycles. The van der Waals surface area contributed by atoms with Crippen molar-refractivity contribution >= 4 is 69.8 Å². The summed E-state index contributed by atoms with van der Waals surface area (Å²) in [6.07, 6.45) is 0. The maximum atomic E-state index is 12.8. The first kappa shape index (κ1) is 23.1. The molecule has 5 nitrogen and oxygen atoms in total. The van der Waals surface area contributed by atoms with Crippen molar-refractivity contribution in [2.24, 2.45) is 0 Å². The van der Waals surface area contributed by atoms with Crippen LogP contribution in [0.2, 0.25) is 20.1 Å². The number of amides is 1. The van der Waals surface area contributed by atoms with E-state index in [0.717, 1.165) is 0 Å². The summed E-state index contributed by atoms with van der Waals surface area (Å²) in [5, 5.41) is 3.52. The molecule has 0 fully saturated rings. The average Bonchev–Trinajstić information content (AvgIpc) is 2.74. The van der Waals surface area contributed by atoms with Crippen LogP contribution < -0.4 is 5.32 Å². The summed E-state index contributed by atoms with van der Waals surface area (Å²) in [7, 11) is 0. The van der Waals surface area contributed by atoms with Crippen molar-refractivity contribution in [3.63, 3.8) is 0 Å². The predicted molar refractivity (Wildman–Crippen MR) is 122 cm³/mol. The molecule has 158 valence electrons. The summed E-state index contributed by atoms with van der Waals surface area (Å²) in [6.45, 7) is -0.614. The summed E-state index contributed by atoms with van der Waals surface area (Å²) >= 11 is 23.7. The van der Waals surface area contributed by atoms with Gasteiger partial charge >= 0.3 is 5.97 Å². The lowest BCUT2D eigenvalue weighted by Gasteiger charge is -2.11. The highest BCUT2D eigenvalue weighted by molar-refractivity contribution is 6.42. The van der Waals surface area contributed by atoms with Gasteiger partial charge in [0.05, 0.1) is 21.3 Å². The number of hydrogen-bond donors (Lipinski definition) is 1. The normalized spacial score (nSPS) is 10.5. The van der Waals surface area contributed by atoms with Crippen LogP contribution in [0.3, 0.4) is 0 Å². The smallest absolute Gasteiger partial charge is 0.339 e. The molecule has 0 aliphatic heterocycles. The number of ketones is 1. The van der Waals surface area contributed by atoms with Crippen LogP contribution in [-0.2, 0) is 9.53 Å². The fourth-order valence-corrected chi connectivity index (χ4v) is 3.70. The minimum Gasteiger partial charge on any atom is -0.452 e. The van der Waals surface area contributed by atoms with E-state index < -0.39 is 18.5 Å². The van der Waals surface area contributed by atoms with E-state index in [2.05, 4.69) is 5.32 Å². The number of carbonyl (C=O) groups is 3. The average molecular weight is 497 g/mol. The van der Waals surface area contributed by atoms with Gasteiger partial charge in [-0.3, -0.25) is 9.59 Å². The highest BCUT2D eigenvalue weighted by atomic mass is 35.5. The number of halogens is 4. The van der Waals surface area contributed by atoms with Gasteiger partial charge in [-0.1, -0.05) is 64.6 Å². The minimum atomic E-state index is -0.832. The van der Waals surface area contributed by atoms with Gasteiger partial charge in [0.15, 0.2) is 12.4 Å². The Labute approximate surface area is 197 Å². The van der Waals surface area contributed by atoms with E-state index in [9.17, 15) is 14.4 Å². The second-order valence-electron chi connectivity index (χ2n) is 6.25. The van der Waals surface area contributed by atoms with Gasteiger partial charge in [-0.15, -0.1) is 0 Å². The first-order valence-corrected chi connectivity index (χ1v) is 10.3. The lowest BCUT2D eigenvalue weighted by Crippen LogP contribution is -2.22. The number of esters is 1. The Balaban J connectivity index is 1.71. The minimum absolute atomic E-state index is 0.0257. The Bertz CT molecular complexity index is 1140. The van der Waals surface area contributed by atoms with Crippen molar-refractivity contribution in [3.05, 3.63) is 97.4 Å². The molecular formula is C22H13Cl4NO4. The molecule has 9 heteroatoms.